The molecule has 168 valence electrons. The zero-order valence-electron chi connectivity index (χ0n) is 18.3. The van der Waals surface area contributed by atoms with E-state index >= 15 is 0 Å². The van der Waals surface area contributed by atoms with Crippen molar-refractivity contribution in [1.29, 1.82) is 0 Å². The lowest BCUT2D eigenvalue weighted by atomic mass is 9.79. The average Bonchev–Trinajstić information content (AvgIpc) is 3.14. The second kappa shape index (κ2) is 7.73. The molecule has 0 unspecified atom stereocenters. The zero-order chi connectivity index (χ0) is 23.3. The fraction of sp³-hybridized carbons (Fsp3) is 0.261. The van der Waals surface area contributed by atoms with Gasteiger partial charge in [0.1, 0.15) is 11.5 Å². The fourth-order valence-electron chi connectivity index (χ4n) is 4.43. The Bertz CT molecular complexity index is 1530. The van der Waals surface area contributed by atoms with Crippen LogP contribution in [0.1, 0.15) is 39.5 Å². The molecular formula is C23H21N5O5. The van der Waals surface area contributed by atoms with E-state index in [1.54, 1.807) is 27.2 Å². The van der Waals surface area contributed by atoms with Crippen LogP contribution in [0.4, 0.5) is 0 Å². The number of aromatic amines is 2. The first-order chi connectivity index (χ1) is 15.9. The van der Waals surface area contributed by atoms with Gasteiger partial charge in [-0.25, -0.2) is 9.97 Å². The van der Waals surface area contributed by atoms with Crippen molar-refractivity contribution in [2.45, 2.75) is 25.7 Å². The fourth-order valence-corrected chi connectivity index (χ4v) is 4.43. The van der Waals surface area contributed by atoms with Gasteiger partial charge in [0.15, 0.2) is 11.4 Å². The quantitative estimate of drug-likeness (QED) is 0.489. The van der Waals surface area contributed by atoms with Gasteiger partial charge in [0.2, 0.25) is 5.95 Å². The van der Waals surface area contributed by atoms with Gasteiger partial charge in [0.25, 0.3) is 11.1 Å². The normalized spacial score (nSPS) is 15.5. The maximum Gasteiger partial charge on any atom is 0.283 e. The van der Waals surface area contributed by atoms with E-state index in [9.17, 15) is 14.4 Å². The molecule has 3 aromatic heterocycles. The third-order valence-electron chi connectivity index (χ3n) is 5.95. The molecular weight excluding hydrogens is 426 g/mol. The van der Waals surface area contributed by atoms with E-state index in [-0.39, 0.29) is 29.6 Å². The van der Waals surface area contributed by atoms with Crippen molar-refractivity contribution >= 4 is 16.8 Å². The molecule has 3 heterocycles. The molecule has 1 aliphatic carbocycles. The summed E-state index contributed by atoms with van der Waals surface area (Å²) in [6.45, 7) is 1.66. The Balaban J connectivity index is 1.66. The van der Waals surface area contributed by atoms with Crippen LogP contribution in [0, 0.1) is 6.92 Å². The summed E-state index contributed by atoms with van der Waals surface area (Å²) in [4.78, 5) is 49.4. The van der Waals surface area contributed by atoms with Crippen LogP contribution >= 0.6 is 0 Å². The van der Waals surface area contributed by atoms with Crippen molar-refractivity contribution in [3.05, 3.63) is 73.6 Å². The molecule has 0 bridgehead atoms. The second-order valence-corrected chi connectivity index (χ2v) is 7.97. The van der Waals surface area contributed by atoms with Gasteiger partial charge in [-0.2, -0.15) is 4.68 Å². The summed E-state index contributed by atoms with van der Waals surface area (Å²) in [6, 6.07) is 6.82. The van der Waals surface area contributed by atoms with Crippen LogP contribution in [0.2, 0.25) is 0 Å². The minimum atomic E-state index is -0.432. The molecule has 0 aliphatic heterocycles. The van der Waals surface area contributed by atoms with Crippen LogP contribution in [0.5, 0.6) is 11.5 Å². The molecule has 0 amide bonds. The van der Waals surface area contributed by atoms with Crippen molar-refractivity contribution in [3.63, 3.8) is 0 Å². The molecule has 1 atom stereocenters. The number of hydrogen-bond acceptors (Lipinski definition) is 7. The highest BCUT2D eigenvalue weighted by Crippen LogP contribution is 2.39. The number of fused-ring (bicyclic) bond motifs is 3. The molecule has 4 aromatic rings. The van der Waals surface area contributed by atoms with E-state index in [0.717, 1.165) is 10.2 Å². The van der Waals surface area contributed by atoms with E-state index in [0.29, 0.717) is 45.8 Å². The number of Topliss-reactive ketones (excluding diaryl/α,β-unsaturated/α-hetero) is 1. The average molecular weight is 447 g/mol. The number of benzene rings is 1. The van der Waals surface area contributed by atoms with Crippen LogP contribution < -0.4 is 20.6 Å². The highest BCUT2D eigenvalue weighted by atomic mass is 16.5. The highest BCUT2D eigenvalue weighted by molar-refractivity contribution is 6.02. The van der Waals surface area contributed by atoms with Crippen molar-refractivity contribution < 1.29 is 14.3 Å². The van der Waals surface area contributed by atoms with Crippen LogP contribution in [-0.2, 0) is 6.42 Å². The number of aryl methyl sites for hydroxylation is 1. The van der Waals surface area contributed by atoms with Gasteiger partial charge >= 0.3 is 0 Å². The third kappa shape index (κ3) is 3.39. The van der Waals surface area contributed by atoms with Crippen molar-refractivity contribution in [2.24, 2.45) is 0 Å². The summed E-state index contributed by atoms with van der Waals surface area (Å²) in [5.74, 6) is 1.05. The summed E-state index contributed by atoms with van der Waals surface area (Å²) in [5, 5.41) is 3.21. The van der Waals surface area contributed by atoms with Gasteiger partial charge in [-0.15, -0.1) is 0 Å². The number of hydrogen-bond donors (Lipinski definition) is 2. The summed E-state index contributed by atoms with van der Waals surface area (Å²) in [7, 11) is 3.14. The minimum Gasteiger partial charge on any atom is -0.497 e. The second-order valence-electron chi connectivity index (χ2n) is 7.97. The van der Waals surface area contributed by atoms with Crippen molar-refractivity contribution in [3.8, 4) is 17.4 Å². The summed E-state index contributed by atoms with van der Waals surface area (Å²) < 4.78 is 12.0. The number of pyridine rings is 1. The Morgan fingerprint density at radius 3 is 2.64 bits per heavy atom. The Morgan fingerprint density at radius 1 is 1.09 bits per heavy atom. The first-order valence-electron chi connectivity index (χ1n) is 10.4. The predicted octanol–water partition coefficient (Wildman–Crippen LogP) is 2.04. The third-order valence-corrected chi connectivity index (χ3v) is 5.95. The number of rotatable bonds is 4. The number of nitrogens with zero attached hydrogens (tertiary/aromatic N) is 3. The van der Waals surface area contributed by atoms with E-state index in [2.05, 4.69) is 20.1 Å². The Kier molecular flexibility index (Phi) is 4.85. The van der Waals surface area contributed by atoms with Crippen LogP contribution in [0.3, 0.4) is 0 Å². The molecule has 0 spiro atoms. The van der Waals surface area contributed by atoms with Gasteiger partial charge in [0.05, 0.1) is 19.6 Å². The number of ether oxygens (including phenoxy) is 2. The van der Waals surface area contributed by atoms with Gasteiger partial charge in [-0.1, -0.05) is 6.07 Å². The SMILES string of the molecule is COc1ccc([C@H]2CC(=O)c3cnc4[nH]n(-c5nc(C)cc(=O)[nH]5)c(=O)c4c3C2)c(OC)c1. The molecule has 1 aromatic carbocycles. The van der Waals surface area contributed by atoms with Crippen molar-refractivity contribution in [2.75, 3.05) is 14.2 Å². The Hall–Kier alpha value is -4.21. The smallest absolute Gasteiger partial charge is 0.283 e. The highest BCUT2D eigenvalue weighted by Gasteiger charge is 2.31. The maximum atomic E-state index is 13.4. The van der Waals surface area contributed by atoms with E-state index in [4.69, 9.17) is 9.47 Å². The standard InChI is InChI=1S/C23H21N5O5/c1-11-6-19(30)26-23(25-11)28-22(31)20-15-7-12(8-17(29)16(15)10-24-21(20)27-28)14-5-4-13(32-2)9-18(14)33-3/h4-6,9-10,12H,7-8H2,1-3H3,(H,24,27)(H,25,26,30)/t12-/m1/s1. The van der Waals surface area contributed by atoms with E-state index < -0.39 is 5.56 Å². The topological polar surface area (TPSA) is 132 Å². The summed E-state index contributed by atoms with van der Waals surface area (Å²) in [6.07, 6.45) is 2.22. The number of ketones is 1. The van der Waals surface area contributed by atoms with Crippen LogP contribution in [0.15, 0.2) is 40.1 Å². The lowest BCUT2D eigenvalue weighted by molar-refractivity contribution is 0.0964. The lowest BCUT2D eigenvalue weighted by Gasteiger charge is -2.25. The number of carbonyl (C=O) groups is 1. The largest absolute Gasteiger partial charge is 0.497 e. The van der Waals surface area contributed by atoms with Crippen LogP contribution in [0.25, 0.3) is 17.0 Å². The van der Waals surface area contributed by atoms with E-state index in [1.807, 2.05) is 12.1 Å². The molecule has 1 aliphatic rings. The number of carbonyl (C=O) groups excluding carboxylic acids is 1. The van der Waals surface area contributed by atoms with Crippen molar-refractivity contribution in [1.82, 2.24) is 24.7 Å². The first-order valence-corrected chi connectivity index (χ1v) is 10.4. The van der Waals surface area contributed by atoms with Gasteiger partial charge in [0, 0.05) is 36.0 Å². The van der Waals surface area contributed by atoms with Gasteiger partial charge in [-0.3, -0.25) is 24.5 Å². The molecule has 0 fully saturated rings. The molecule has 33 heavy (non-hydrogen) atoms. The molecule has 2 N–H and O–H groups in total. The number of nitrogens with one attached hydrogen (secondary N) is 2. The Labute approximate surface area is 187 Å². The predicted molar refractivity (Wildman–Crippen MR) is 120 cm³/mol. The monoisotopic (exact) mass is 447 g/mol. The molecule has 0 saturated carbocycles. The van der Waals surface area contributed by atoms with E-state index in [1.165, 1.54) is 12.3 Å². The first kappa shape index (κ1) is 20.7. The Morgan fingerprint density at radius 2 is 1.91 bits per heavy atom. The zero-order valence-corrected chi connectivity index (χ0v) is 18.3. The molecule has 10 nitrogen and oxygen atoms in total. The number of methoxy groups -OCH3 is 2. The lowest BCUT2D eigenvalue weighted by Crippen LogP contribution is -2.24. The molecule has 0 radical (unpaired) electrons. The van der Waals surface area contributed by atoms with Gasteiger partial charge < -0.3 is 9.47 Å². The maximum absolute atomic E-state index is 13.4. The van der Waals surface area contributed by atoms with Crippen LogP contribution in [-0.4, -0.2) is 44.7 Å². The molecule has 0 saturated heterocycles. The molecule has 5 rings (SSSR count). The number of aromatic nitrogens is 5. The van der Waals surface area contributed by atoms with Gasteiger partial charge in [-0.05, 0) is 36.5 Å². The summed E-state index contributed by atoms with van der Waals surface area (Å²) >= 11 is 0. The summed E-state index contributed by atoms with van der Waals surface area (Å²) in [5.41, 5.74) is 1.89. The molecule has 10 heteroatoms. The number of H-pyrrole nitrogens is 2. The minimum absolute atomic E-state index is 0.0623.